The van der Waals surface area contributed by atoms with Crippen molar-refractivity contribution in [1.29, 1.82) is 5.26 Å². The van der Waals surface area contributed by atoms with Crippen molar-refractivity contribution < 1.29 is 24.1 Å². The predicted octanol–water partition coefficient (Wildman–Crippen LogP) is 4.55. The molecule has 164 valence electrons. The van der Waals surface area contributed by atoms with Gasteiger partial charge in [-0.3, -0.25) is 0 Å². The molecule has 1 aromatic heterocycles. The third-order valence-electron chi connectivity index (χ3n) is 4.66. The number of pyridine rings is 1. The molecule has 0 bridgehead atoms. The van der Waals surface area contributed by atoms with E-state index in [2.05, 4.69) is 6.07 Å². The summed E-state index contributed by atoms with van der Waals surface area (Å²) >= 11 is 0. The van der Waals surface area contributed by atoms with E-state index in [0.29, 0.717) is 36.0 Å². The number of nitriles is 1. The molecule has 0 saturated carbocycles. The number of rotatable bonds is 10. The second-order valence-corrected chi connectivity index (χ2v) is 7.01. The van der Waals surface area contributed by atoms with Crippen LogP contribution in [0.5, 0.6) is 11.5 Å². The van der Waals surface area contributed by atoms with Gasteiger partial charge in [0, 0.05) is 12.2 Å². The molecule has 0 spiro atoms. The predicted molar refractivity (Wildman–Crippen MR) is 119 cm³/mol. The number of ether oxygens (including phenoxy) is 3. The number of aryl methyl sites for hydroxylation is 1. The molecule has 0 aliphatic heterocycles. The summed E-state index contributed by atoms with van der Waals surface area (Å²) in [5, 5.41) is 17.8. The van der Waals surface area contributed by atoms with Crippen LogP contribution in [0, 0.1) is 18.3 Å². The van der Waals surface area contributed by atoms with Gasteiger partial charge in [-0.25, -0.2) is 9.78 Å². The Labute approximate surface area is 186 Å². The zero-order valence-electron chi connectivity index (χ0n) is 17.9. The van der Waals surface area contributed by atoms with Gasteiger partial charge in [-0.15, -0.1) is 0 Å². The zero-order chi connectivity index (χ0) is 22.9. The van der Waals surface area contributed by atoms with E-state index in [9.17, 15) is 4.79 Å². The molecule has 0 fully saturated rings. The topological polar surface area (TPSA) is 102 Å². The van der Waals surface area contributed by atoms with Crippen LogP contribution in [0.2, 0.25) is 0 Å². The van der Waals surface area contributed by atoms with E-state index in [1.807, 2.05) is 44.2 Å². The molecule has 3 aromatic rings. The summed E-state index contributed by atoms with van der Waals surface area (Å²) in [6, 6.07) is 20.3. The fraction of sp³-hybridized carbons (Fsp3) is 0.240. The maximum absolute atomic E-state index is 10.7. The van der Waals surface area contributed by atoms with Gasteiger partial charge < -0.3 is 19.3 Å². The van der Waals surface area contributed by atoms with Crippen molar-refractivity contribution >= 4 is 5.97 Å². The normalized spacial score (nSPS) is 11.4. The summed E-state index contributed by atoms with van der Waals surface area (Å²) in [5.41, 5.74) is 3.73. The Morgan fingerprint density at radius 1 is 1.16 bits per heavy atom. The van der Waals surface area contributed by atoms with Gasteiger partial charge >= 0.3 is 5.97 Å². The second kappa shape index (κ2) is 10.9. The monoisotopic (exact) mass is 432 g/mol. The maximum Gasteiger partial charge on any atom is 0.341 e. The number of carboxylic acids is 1. The zero-order valence-corrected chi connectivity index (χ0v) is 17.9. The first-order valence-electron chi connectivity index (χ1n) is 10.2. The van der Waals surface area contributed by atoms with Crippen molar-refractivity contribution in [2.75, 3.05) is 19.8 Å². The standard InChI is InChI=1S/C25H24N2O5/c1-3-30-15-24(32-20-11-12-23(17(2)13-20)31-16-25(28)29)22-6-4-5-21(27-22)19-9-7-18(14-26)8-10-19/h4-13,24H,3,15-16H2,1-2H3,(H,28,29). The number of hydrogen-bond acceptors (Lipinski definition) is 6. The molecule has 1 atom stereocenters. The second-order valence-electron chi connectivity index (χ2n) is 7.01. The quantitative estimate of drug-likeness (QED) is 0.501. The SMILES string of the molecule is CCOCC(Oc1ccc(OCC(=O)O)c(C)c1)c1cccc(-c2ccc(C#N)cc2)n1. The fourth-order valence-electron chi connectivity index (χ4n) is 3.07. The summed E-state index contributed by atoms with van der Waals surface area (Å²) in [5.74, 6) is 0.0530. The molecule has 0 amide bonds. The van der Waals surface area contributed by atoms with Crippen LogP contribution < -0.4 is 9.47 Å². The Hall–Kier alpha value is -3.89. The lowest BCUT2D eigenvalue weighted by Crippen LogP contribution is -2.16. The molecule has 7 heteroatoms. The Morgan fingerprint density at radius 2 is 1.94 bits per heavy atom. The highest BCUT2D eigenvalue weighted by molar-refractivity contribution is 5.68. The van der Waals surface area contributed by atoms with Crippen LogP contribution in [-0.2, 0) is 9.53 Å². The minimum atomic E-state index is -1.03. The van der Waals surface area contributed by atoms with E-state index < -0.39 is 18.7 Å². The van der Waals surface area contributed by atoms with E-state index >= 15 is 0 Å². The van der Waals surface area contributed by atoms with E-state index in [-0.39, 0.29) is 0 Å². The van der Waals surface area contributed by atoms with E-state index in [1.165, 1.54) is 0 Å². The molecular weight excluding hydrogens is 408 g/mol. The highest BCUT2D eigenvalue weighted by atomic mass is 16.5. The molecule has 1 N–H and O–H groups in total. The highest BCUT2D eigenvalue weighted by Crippen LogP contribution is 2.28. The number of aliphatic carboxylic acids is 1. The van der Waals surface area contributed by atoms with E-state index in [1.54, 1.807) is 30.3 Å². The van der Waals surface area contributed by atoms with Gasteiger partial charge in [-0.2, -0.15) is 5.26 Å². The van der Waals surface area contributed by atoms with Crippen molar-refractivity contribution in [3.05, 3.63) is 77.5 Å². The lowest BCUT2D eigenvalue weighted by molar-refractivity contribution is -0.139. The molecule has 0 radical (unpaired) electrons. The van der Waals surface area contributed by atoms with Crippen LogP contribution in [0.25, 0.3) is 11.3 Å². The number of benzene rings is 2. The molecule has 1 unspecified atom stereocenters. The van der Waals surface area contributed by atoms with E-state index in [4.69, 9.17) is 29.6 Å². The molecule has 0 aliphatic rings. The van der Waals surface area contributed by atoms with Crippen LogP contribution >= 0.6 is 0 Å². The smallest absolute Gasteiger partial charge is 0.341 e. The van der Waals surface area contributed by atoms with Crippen molar-refractivity contribution in [2.45, 2.75) is 20.0 Å². The van der Waals surface area contributed by atoms with Crippen LogP contribution in [0.4, 0.5) is 0 Å². The van der Waals surface area contributed by atoms with Gasteiger partial charge in [0.15, 0.2) is 12.7 Å². The van der Waals surface area contributed by atoms with Crippen LogP contribution in [-0.4, -0.2) is 35.9 Å². The molecule has 1 heterocycles. The first-order chi connectivity index (χ1) is 15.5. The van der Waals surface area contributed by atoms with Crippen molar-refractivity contribution in [3.8, 4) is 28.8 Å². The molecule has 3 rings (SSSR count). The lowest BCUT2D eigenvalue weighted by atomic mass is 10.1. The first-order valence-corrected chi connectivity index (χ1v) is 10.2. The number of carboxylic acid groups (broad SMARTS) is 1. The summed E-state index contributed by atoms with van der Waals surface area (Å²) in [6.07, 6.45) is -0.446. The molecule has 7 nitrogen and oxygen atoms in total. The summed E-state index contributed by atoms with van der Waals surface area (Å²) in [7, 11) is 0. The Bertz CT molecular complexity index is 1110. The van der Waals surface area contributed by atoms with Gasteiger partial charge in [-0.05, 0) is 61.9 Å². The molecule has 32 heavy (non-hydrogen) atoms. The third-order valence-corrected chi connectivity index (χ3v) is 4.66. The summed E-state index contributed by atoms with van der Waals surface area (Å²) < 4.78 is 17.1. The van der Waals surface area contributed by atoms with Gasteiger partial charge in [0.1, 0.15) is 11.5 Å². The number of carbonyl (C=O) groups is 1. The summed E-state index contributed by atoms with van der Waals surface area (Å²) in [6.45, 7) is 4.19. The van der Waals surface area contributed by atoms with Crippen LogP contribution in [0.15, 0.2) is 60.7 Å². The summed E-state index contributed by atoms with van der Waals surface area (Å²) in [4.78, 5) is 15.5. The van der Waals surface area contributed by atoms with E-state index in [0.717, 1.165) is 16.8 Å². The van der Waals surface area contributed by atoms with Crippen molar-refractivity contribution in [3.63, 3.8) is 0 Å². The molecule has 2 aromatic carbocycles. The van der Waals surface area contributed by atoms with Crippen LogP contribution in [0.3, 0.4) is 0 Å². The number of nitrogens with zero attached hydrogens (tertiary/aromatic N) is 2. The minimum absolute atomic E-state index is 0.316. The van der Waals surface area contributed by atoms with Gasteiger partial charge in [0.25, 0.3) is 0 Å². The lowest BCUT2D eigenvalue weighted by Gasteiger charge is -2.20. The third kappa shape index (κ3) is 6.06. The fourth-order valence-corrected chi connectivity index (χ4v) is 3.07. The Kier molecular flexibility index (Phi) is 7.79. The number of aromatic nitrogens is 1. The van der Waals surface area contributed by atoms with Gasteiger partial charge in [-0.1, -0.05) is 18.2 Å². The molecule has 0 saturated heterocycles. The van der Waals surface area contributed by atoms with Gasteiger partial charge in [0.2, 0.25) is 0 Å². The largest absolute Gasteiger partial charge is 0.482 e. The Morgan fingerprint density at radius 3 is 2.59 bits per heavy atom. The van der Waals surface area contributed by atoms with Crippen LogP contribution in [0.1, 0.15) is 29.8 Å². The van der Waals surface area contributed by atoms with Crippen molar-refractivity contribution in [2.24, 2.45) is 0 Å². The maximum atomic E-state index is 10.7. The average Bonchev–Trinajstić information content (AvgIpc) is 2.81. The highest BCUT2D eigenvalue weighted by Gasteiger charge is 2.17. The van der Waals surface area contributed by atoms with Crippen molar-refractivity contribution in [1.82, 2.24) is 4.98 Å². The van der Waals surface area contributed by atoms with Gasteiger partial charge in [0.05, 0.1) is 29.6 Å². The molecule has 0 aliphatic carbocycles. The minimum Gasteiger partial charge on any atom is -0.482 e. The average molecular weight is 432 g/mol. The number of hydrogen-bond donors (Lipinski definition) is 1. The Balaban J connectivity index is 1.83. The molecular formula is C25H24N2O5. The first kappa shape index (κ1) is 22.8.